The summed E-state index contributed by atoms with van der Waals surface area (Å²) in [5.74, 6) is 0. The van der Waals surface area contributed by atoms with Crippen LogP contribution in [0.1, 0.15) is 6.42 Å². The van der Waals surface area contributed by atoms with Gasteiger partial charge >= 0.3 is 0 Å². The SMILES string of the molecule is CO[Si](C)(C)CCCOCCO. The predicted octanol–water partition coefficient (Wildman–Crippen LogP) is 1.24. The molecule has 0 saturated carbocycles. The molecule has 0 aromatic rings. The van der Waals surface area contributed by atoms with E-state index in [9.17, 15) is 0 Å². The Kier molecular flexibility index (Phi) is 6.65. The first kappa shape index (κ1) is 12.1. The molecule has 0 rings (SSSR count). The van der Waals surface area contributed by atoms with Crippen LogP contribution < -0.4 is 0 Å². The smallest absolute Gasteiger partial charge is 0.186 e. The molecule has 74 valence electrons. The average Bonchev–Trinajstić information content (AvgIpc) is 2.04. The van der Waals surface area contributed by atoms with Gasteiger partial charge in [0.2, 0.25) is 0 Å². The van der Waals surface area contributed by atoms with Crippen LogP contribution in [0.3, 0.4) is 0 Å². The highest BCUT2D eigenvalue weighted by Crippen LogP contribution is 2.11. The zero-order valence-electron chi connectivity index (χ0n) is 8.30. The minimum atomic E-state index is -1.38. The topological polar surface area (TPSA) is 38.7 Å². The van der Waals surface area contributed by atoms with Gasteiger partial charge in [0.25, 0.3) is 0 Å². The third-order valence-corrected chi connectivity index (χ3v) is 4.52. The van der Waals surface area contributed by atoms with Gasteiger partial charge in [0.1, 0.15) is 0 Å². The summed E-state index contributed by atoms with van der Waals surface area (Å²) in [5, 5.41) is 8.43. The Hall–Kier alpha value is 0.0969. The summed E-state index contributed by atoms with van der Waals surface area (Å²) in [6, 6.07) is 1.12. The summed E-state index contributed by atoms with van der Waals surface area (Å²) >= 11 is 0. The van der Waals surface area contributed by atoms with Crippen LogP contribution in [-0.2, 0) is 9.16 Å². The van der Waals surface area contributed by atoms with Crippen molar-refractivity contribution < 1.29 is 14.3 Å². The second kappa shape index (κ2) is 6.60. The summed E-state index contributed by atoms with van der Waals surface area (Å²) < 4.78 is 10.5. The van der Waals surface area contributed by atoms with Gasteiger partial charge in [-0.15, -0.1) is 0 Å². The van der Waals surface area contributed by atoms with Crippen molar-refractivity contribution in [2.45, 2.75) is 25.6 Å². The lowest BCUT2D eigenvalue weighted by Crippen LogP contribution is -2.28. The van der Waals surface area contributed by atoms with Crippen molar-refractivity contribution >= 4 is 8.32 Å². The van der Waals surface area contributed by atoms with E-state index in [1.807, 2.05) is 0 Å². The molecule has 0 radical (unpaired) electrons. The van der Waals surface area contributed by atoms with E-state index in [-0.39, 0.29) is 6.61 Å². The van der Waals surface area contributed by atoms with Gasteiger partial charge in [-0.1, -0.05) is 0 Å². The molecule has 0 fully saturated rings. The van der Waals surface area contributed by atoms with Gasteiger partial charge in [-0.05, 0) is 25.6 Å². The van der Waals surface area contributed by atoms with Gasteiger partial charge in [-0.2, -0.15) is 0 Å². The number of aliphatic hydroxyl groups is 1. The van der Waals surface area contributed by atoms with Crippen LogP contribution in [0.5, 0.6) is 0 Å². The van der Waals surface area contributed by atoms with Crippen molar-refractivity contribution in [3.05, 3.63) is 0 Å². The lowest BCUT2D eigenvalue weighted by atomic mass is 10.5. The number of hydrogen-bond donors (Lipinski definition) is 1. The average molecular weight is 192 g/mol. The standard InChI is InChI=1S/C8H20O3Si/c1-10-12(2,3)8-4-6-11-7-5-9/h9H,4-8H2,1-3H3. The van der Waals surface area contributed by atoms with Gasteiger partial charge < -0.3 is 14.3 Å². The molecular weight excluding hydrogens is 172 g/mol. The molecule has 0 saturated heterocycles. The highest BCUT2D eigenvalue weighted by atomic mass is 28.4. The van der Waals surface area contributed by atoms with Crippen LogP contribution in [0, 0.1) is 0 Å². The first-order valence-corrected chi connectivity index (χ1v) is 7.47. The molecule has 4 heteroatoms. The number of hydrogen-bond acceptors (Lipinski definition) is 3. The Morgan fingerprint density at radius 2 is 1.92 bits per heavy atom. The van der Waals surface area contributed by atoms with E-state index < -0.39 is 8.32 Å². The largest absolute Gasteiger partial charge is 0.420 e. The van der Waals surface area contributed by atoms with E-state index in [1.54, 1.807) is 7.11 Å². The molecule has 0 atom stereocenters. The van der Waals surface area contributed by atoms with Crippen LogP contribution in [0.2, 0.25) is 19.1 Å². The van der Waals surface area contributed by atoms with Crippen LogP contribution in [0.15, 0.2) is 0 Å². The lowest BCUT2D eigenvalue weighted by Gasteiger charge is -2.19. The van der Waals surface area contributed by atoms with Crippen molar-refractivity contribution in [3.8, 4) is 0 Å². The molecule has 0 aromatic heterocycles. The highest BCUT2D eigenvalue weighted by Gasteiger charge is 2.19. The van der Waals surface area contributed by atoms with Gasteiger partial charge in [0, 0.05) is 13.7 Å². The maximum atomic E-state index is 8.43. The summed E-state index contributed by atoms with van der Waals surface area (Å²) in [5.41, 5.74) is 0. The van der Waals surface area contributed by atoms with Crippen molar-refractivity contribution in [3.63, 3.8) is 0 Å². The molecule has 0 aromatic carbocycles. The molecule has 0 unspecified atom stereocenters. The normalized spacial score (nSPS) is 12.0. The van der Waals surface area contributed by atoms with Gasteiger partial charge in [0.05, 0.1) is 13.2 Å². The minimum absolute atomic E-state index is 0.116. The van der Waals surface area contributed by atoms with Crippen molar-refractivity contribution in [1.29, 1.82) is 0 Å². The van der Waals surface area contributed by atoms with E-state index in [0.717, 1.165) is 19.1 Å². The van der Waals surface area contributed by atoms with E-state index in [1.165, 1.54) is 0 Å². The quantitative estimate of drug-likeness (QED) is 0.487. The summed E-state index contributed by atoms with van der Waals surface area (Å²) in [7, 11) is 0.399. The summed E-state index contributed by atoms with van der Waals surface area (Å²) in [6.07, 6.45) is 1.03. The van der Waals surface area contributed by atoms with Crippen molar-refractivity contribution in [2.75, 3.05) is 26.9 Å². The Morgan fingerprint density at radius 1 is 1.25 bits per heavy atom. The zero-order chi connectivity index (χ0) is 9.45. The third kappa shape index (κ3) is 6.79. The molecule has 0 amide bonds. The first-order valence-electron chi connectivity index (χ1n) is 4.36. The van der Waals surface area contributed by atoms with Crippen LogP contribution in [0.25, 0.3) is 0 Å². The van der Waals surface area contributed by atoms with Crippen LogP contribution >= 0.6 is 0 Å². The Balaban J connectivity index is 3.19. The van der Waals surface area contributed by atoms with Crippen LogP contribution in [0.4, 0.5) is 0 Å². The maximum Gasteiger partial charge on any atom is 0.186 e. The van der Waals surface area contributed by atoms with Gasteiger partial charge in [0.15, 0.2) is 8.32 Å². The highest BCUT2D eigenvalue weighted by molar-refractivity contribution is 6.71. The fraction of sp³-hybridized carbons (Fsp3) is 1.00. The molecule has 0 heterocycles. The molecule has 0 bridgehead atoms. The second-order valence-electron chi connectivity index (χ2n) is 3.40. The number of ether oxygens (including phenoxy) is 1. The van der Waals surface area contributed by atoms with E-state index in [0.29, 0.717) is 6.61 Å². The second-order valence-corrected chi connectivity index (χ2v) is 7.83. The fourth-order valence-electron chi connectivity index (χ4n) is 0.869. The van der Waals surface area contributed by atoms with E-state index in [4.69, 9.17) is 14.3 Å². The van der Waals surface area contributed by atoms with Gasteiger partial charge in [-0.25, -0.2) is 0 Å². The minimum Gasteiger partial charge on any atom is -0.420 e. The van der Waals surface area contributed by atoms with Crippen molar-refractivity contribution in [1.82, 2.24) is 0 Å². The molecule has 0 spiro atoms. The summed E-state index contributed by atoms with van der Waals surface area (Å²) in [6.45, 7) is 5.69. The Bertz CT molecular complexity index is 106. The summed E-state index contributed by atoms with van der Waals surface area (Å²) in [4.78, 5) is 0. The van der Waals surface area contributed by atoms with Crippen molar-refractivity contribution in [2.24, 2.45) is 0 Å². The number of rotatable bonds is 7. The zero-order valence-corrected chi connectivity index (χ0v) is 9.30. The van der Waals surface area contributed by atoms with Gasteiger partial charge in [-0.3, -0.25) is 0 Å². The molecular formula is C8H20O3Si. The monoisotopic (exact) mass is 192 g/mol. The molecule has 0 aliphatic heterocycles. The van der Waals surface area contributed by atoms with E-state index >= 15 is 0 Å². The molecule has 0 aliphatic rings. The van der Waals surface area contributed by atoms with E-state index in [2.05, 4.69) is 13.1 Å². The molecule has 12 heavy (non-hydrogen) atoms. The lowest BCUT2D eigenvalue weighted by molar-refractivity contribution is 0.0922. The maximum absolute atomic E-state index is 8.43. The Morgan fingerprint density at radius 3 is 2.42 bits per heavy atom. The Labute approximate surface area is 75.8 Å². The van der Waals surface area contributed by atoms with Crippen LogP contribution in [-0.4, -0.2) is 40.4 Å². The predicted molar refractivity (Wildman–Crippen MR) is 51.8 cm³/mol. The number of aliphatic hydroxyl groups excluding tert-OH is 1. The third-order valence-electron chi connectivity index (χ3n) is 1.86. The fourth-order valence-corrected chi connectivity index (χ4v) is 2.07. The molecule has 3 nitrogen and oxygen atoms in total. The molecule has 1 N–H and O–H groups in total. The molecule has 0 aliphatic carbocycles. The first-order chi connectivity index (χ1) is 5.62.